The van der Waals surface area contributed by atoms with E-state index in [2.05, 4.69) is 26.6 Å². The highest BCUT2D eigenvalue weighted by molar-refractivity contribution is 7.98. The number of hydrogen-bond donors (Lipinski definition) is 12. The van der Waals surface area contributed by atoms with Gasteiger partial charge in [0.25, 0.3) is 0 Å². The Bertz CT molecular complexity index is 1900. The van der Waals surface area contributed by atoms with Crippen molar-refractivity contribution in [1.82, 2.24) is 26.6 Å². The number of rotatable bonds is 37. The molecule has 70 heavy (non-hydrogen) atoms. The minimum atomic E-state index is -1.75. The predicted octanol–water partition coefficient (Wildman–Crippen LogP) is -0.0540. The third-order valence-corrected chi connectivity index (χ3v) is 12.2. The van der Waals surface area contributed by atoms with Gasteiger partial charge in [-0.1, -0.05) is 39.3 Å². The molecular weight excluding hydrogens is 933 g/mol. The van der Waals surface area contributed by atoms with E-state index in [1.165, 1.54) is 49.9 Å². The lowest BCUT2D eigenvalue weighted by molar-refractivity contribution is -0.142. The van der Waals surface area contributed by atoms with E-state index in [4.69, 9.17) is 17.2 Å². The van der Waals surface area contributed by atoms with Crippen LogP contribution in [0.1, 0.15) is 104 Å². The van der Waals surface area contributed by atoms with E-state index in [0.29, 0.717) is 24.2 Å². The Morgan fingerprint density at radius 1 is 0.657 bits per heavy atom. The number of hydrogen-bond acceptors (Lipinski definition) is 15. The number of aliphatic hydroxyl groups is 2. The third kappa shape index (κ3) is 24.3. The molecule has 0 radical (unpaired) electrons. The standard InChI is InChI=1S/C47H76N8O14S/c1-26(2)19-37(42(49)64)55-45(67)31(10-8-17-51-47(50)69)22-38(59)35(20-29-11-13-32(58)14-12-29)53-44(66)30(9-6-7-16-48)21-39(60)36(24-41(62)63)54-46(68)33(28(4)57)23-40(61)34(15-18-70-5)52-43(65)27(3)25-56/h11-14,26-28,30-31,33-37,56-58H,6-10,15-25,48H2,1-5H3,(H2,49,64)(H,52,65)(H,53,66)(H,54,68)(H,55,67)(H,62,63)(H3,50,51,69)/t27-,28+,30+,31+,33-,34-,35-,36-,37-/m0/s1. The van der Waals surface area contributed by atoms with Gasteiger partial charge in [-0.25, -0.2) is 4.79 Å². The number of unbranched alkanes of at least 4 members (excludes halogenated alkanes) is 1. The van der Waals surface area contributed by atoms with E-state index >= 15 is 0 Å². The van der Waals surface area contributed by atoms with Gasteiger partial charge in [-0.2, -0.15) is 11.8 Å². The van der Waals surface area contributed by atoms with E-state index in [1.807, 2.05) is 13.8 Å². The molecule has 1 aromatic carbocycles. The molecule has 0 heterocycles. The quantitative estimate of drug-likeness (QED) is 0.0389. The van der Waals surface area contributed by atoms with Crippen molar-refractivity contribution in [1.29, 1.82) is 0 Å². The minimum Gasteiger partial charge on any atom is -0.508 e. The monoisotopic (exact) mass is 1010 g/mol. The molecule has 0 fully saturated rings. The van der Waals surface area contributed by atoms with E-state index in [0.717, 1.165) is 0 Å². The van der Waals surface area contributed by atoms with Crippen LogP contribution in [0.25, 0.3) is 0 Å². The zero-order valence-electron chi connectivity index (χ0n) is 40.9. The number of thioether (sulfide) groups is 1. The van der Waals surface area contributed by atoms with Crippen LogP contribution < -0.4 is 43.8 Å². The van der Waals surface area contributed by atoms with Crippen LogP contribution in [0.3, 0.4) is 0 Å². The number of urea groups is 1. The lowest BCUT2D eigenvalue weighted by Gasteiger charge is -2.27. The summed E-state index contributed by atoms with van der Waals surface area (Å²) < 4.78 is 0. The van der Waals surface area contributed by atoms with Crippen molar-refractivity contribution in [3.05, 3.63) is 29.8 Å². The molecule has 9 atom stereocenters. The van der Waals surface area contributed by atoms with Gasteiger partial charge in [0.1, 0.15) is 11.8 Å². The van der Waals surface area contributed by atoms with Gasteiger partial charge in [-0.3, -0.25) is 43.2 Å². The normalized spacial score (nSPS) is 15.1. The molecule has 0 aliphatic heterocycles. The van der Waals surface area contributed by atoms with Crippen molar-refractivity contribution >= 4 is 70.6 Å². The largest absolute Gasteiger partial charge is 0.508 e. The number of Topliss-reactive ketones (excluding diaryl/α,β-unsaturated/α-hetero) is 3. The molecule has 0 spiro atoms. The fourth-order valence-corrected chi connectivity index (χ4v) is 7.88. The number of carboxylic acid groups (broad SMARTS) is 1. The number of phenolic OH excluding ortho intramolecular Hbond substituents is 1. The average molecular weight is 1010 g/mol. The number of ketones is 3. The van der Waals surface area contributed by atoms with E-state index in [9.17, 15) is 68.4 Å². The SMILES string of the molecule is CSCC[C@H](NC(=O)[C@@H](C)CO)C(=O)C[C@H](C(=O)N[C@@H](CC(=O)O)C(=O)C[C@@H](CCCCN)C(=O)N[C@@H](Cc1ccc(O)cc1)C(=O)C[C@@H](CCCNC(N)=O)C(=O)N[C@@H](CC(C)C)C(N)=O)[C@@H](C)O. The zero-order chi connectivity index (χ0) is 53.1. The van der Waals surface area contributed by atoms with Crippen molar-refractivity contribution in [3.8, 4) is 5.75 Å². The highest BCUT2D eigenvalue weighted by Crippen LogP contribution is 2.22. The lowest BCUT2D eigenvalue weighted by atomic mass is 9.88. The Balaban J connectivity index is 3.58. The maximum Gasteiger partial charge on any atom is 0.312 e. The molecule has 1 aromatic rings. The first-order valence-electron chi connectivity index (χ1n) is 23.5. The van der Waals surface area contributed by atoms with Crippen molar-refractivity contribution in [2.45, 2.75) is 135 Å². The fourth-order valence-electron chi connectivity index (χ4n) is 7.41. The van der Waals surface area contributed by atoms with Gasteiger partial charge in [0.15, 0.2) is 17.3 Å². The van der Waals surface area contributed by atoms with Crippen LogP contribution in [-0.2, 0) is 49.6 Å². The topological polar surface area (TPSA) is 390 Å². The van der Waals surface area contributed by atoms with E-state index in [1.54, 1.807) is 6.26 Å². The predicted molar refractivity (Wildman–Crippen MR) is 260 cm³/mol. The van der Waals surface area contributed by atoms with Crippen molar-refractivity contribution < 1.29 is 68.4 Å². The second-order valence-corrected chi connectivity index (χ2v) is 19.1. The Morgan fingerprint density at radius 3 is 1.69 bits per heavy atom. The number of aliphatic hydroxyl groups excluding tert-OH is 2. The van der Waals surface area contributed by atoms with Gasteiger partial charge in [-0.05, 0) is 94.0 Å². The number of primary amides is 2. The first-order valence-corrected chi connectivity index (χ1v) is 24.9. The Morgan fingerprint density at radius 2 is 1.19 bits per heavy atom. The molecule has 23 heteroatoms. The number of benzene rings is 1. The first-order chi connectivity index (χ1) is 32.9. The lowest BCUT2D eigenvalue weighted by Crippen LogP contribution is -2.51. The van der Waals surface area contributed by atoms with Crippen LogP contribution in [-0.4, -0.2) is 141 Å². The summed E-state index contributed by atoms with van der Waals surface area (Å²) in [6.07, 6.45) is -1.19. The molecule has 0 aromatic heterocycles. The molecule has 0 aliphatic rings. The Hall–Kier alpha value is -5.65. The molecule has 15 N–H and O–H groups in total. The maximum absolute atomic E-state index is 14.3. The van der Waals surface area contributed by atoms with Gasteiger partial charge in [0.05, 0.1) is 49.1 Å². The fraction of sp³-hybridized carbons (Fsp3) is 0.660. The second-order valence-electron chi connectivity index (χ2n) is 18.1. The summed E-state index contributed by atoms with van der Waals surface area (Å²) in [5.74, 6) is -11.9. The number of carbonyl (C=O) groups is 10. The number of aromatic hydroxyl groups is 1. The van der Waals surface area contributed by atoms with Gasteiger partial charge < -0.3 is 64.2 Å². The van der Waals surface area contributed by atoms with Crippen molar-refractivity contribution in [2.75, 3.05) is 31.7 Å². The smallest absolute Gasteiger partial charge is 0.312 e. The minimum absolute atomic E-state index is 0.0216. The average Bonchev–Trinajstić information content (AvgIpc) is 3.28. The molecule has 7 amide bonds. The third-order valence-electron chi connectivity index (χ3n) is 11.6. The van der Waals surface area contributed by atoms with Gasteiger partial charge in [-0.15, -0.1) is 0 Å². The highest BCUT2D eigenvalue weighted by Gasteiger charge is 2.36. The summed E-state index contributed by atoms with van der Waals surface area (Å²) in [6.45, 7) is 6.11. The summed E-state index contributed by atoms with van der Waals surface area (Å²) in [4.78, 5) is 132. The molecule has 0 unspecified atom stereocenters. The van der Waals surface area contributed by atoms with Gasteiger partial charge in [0.2, 0.25) is 29.5 Å². The number of carboxylic acids is 1. The van der Waals surface area contributed by atoms with Gasteiger partial charge >= 0.3 is 12.0 Å². The molecule has 0 bridgehead atoms. The summed E-state index contributed by atoms with van der Waals surface area (Å²) in [5, 5.41) is 52.5. The molecule has 22 nitrogen and oxygen atoms in total. The Kier molecular flexibility index (Phi) is 29.4. The van der Waals surface area contributed by atoms with Crippen molar-refractivity contribution in [3.63, 3.8) is 0 Å². The first kappa shape index (κ1) is 62.4. The van der Waals surface area contributed by atoms with Crippen LogP contribution >= 0.6 is 11.8 Å². The summed E-state index contributed by atoms with van der Waals surface area (Å²) in [6, 6.07) is -0.301. The number of amides is 7. The Labute approximate surface area is 413 Å². The van der Waals surface area contributed by atoms with Crippen LogP contribution in [0.5, 0.6) is 5.75 Å². The summed E-state index contributed by atoms with van der Waals surface area (Å²) in [7, 11) is 0. The van der Waals surface area contributed by atoms with Crippen molar-refractivity contribution in [2.24, 2.45) is 46.8 Å². The second kappa shape index (κ2) is 33.0. The van der Waals surface area contributed by atoms with E-state index < -0.39 is 145 Å². The molecular formula is C47H76N8O14S. The van der Waals surface area contributed by atoms with Crippen LogP contribution in [0.15, 0.2) is 24.3 Å². The number of carbonyl (C=O) groups excluding carboxylic acids is 9. The number of aliphatic carboxylic acids is 1. The molecule has 0 saturated carbocycles. The van der Waals surface area contributed by atoms with Crippen LogP contribution in [0.2, 0.25) is 0 Å². The van der Waals surface area contributed by atoms with Crippen LogP contribution in [0.4, 0.5) is 4.79 Å². The summed E-state index contributed by atoms with van der Waals surface area (Å²) in [5.41, 5.74) is 17.0. The molecule has 0 saturated heterocycles. The maximum atomic E-state index is 14.3. The number of nitrogens with two attached hydrogens (primary N) is 3. The number of nitrogens with one attached hydrogen (secondary N) is 5. The van der Waals surface area contributed by atoms with Gasteiger partial charge in [0, 0.05) is 37.6 Å². The van der Waals surface area contributed by atoms with Crippen LogP contribution in [0, 0.1) is 29.6 Å². The zero-order valence-corrected chi connectivity index (χ0v) is 41.7. The number of phenols is 1. The highest BCUT2D eigenvalue weighted by atomic mass is 32.2. The molecule has 394 valence electrons. The molecule has 0 aliphatic carbocycles. The summed E-state index contributed by atoms with van der Waals surface area (Å²) >= 11 is 1.39. The molecule has 1 rings (SSSR count). The van der Waals surface area contributed by atoms with E-state index in [-0.39, 0.29) is 63.3 Å².